The highest BCUT2D eigenvalue weighted by Gasteiger charge is 2.34. The molecule has 3 N–H and O–H groups in total. The summed E-state index contributed by atoms with van der Waals surface area (Å²) in [5.74, 6) is -0.571. The third kappa shape index (κ3) is 3.66. The van der Waals surface area contributed by atoms with E-state index in [1.165, 1.54) is 17.8 Å². The van der Waals surface area contributed by atoms with Crippen molar-refractivity contribution in [2.24, 2.45) is 5.73 Å². The quantitative estimate of drug-likeness (QED) is 0.497. The maximum atomic E-state index is 12.8. The molecule has 0 heterocycles. The number of nitrogen functional groups attached to an aromatic ring is 1. The first-order valence-electron chi connectivity index (χ1n) is 4.94. The number of nitrogens with two attached hydrogens (primary N) is 1. The van der Waals surface area contributed by atoms with Crippen molar-refractivity contribution in [3.05, 3.63) is 29.3 Å². The molecular weight excluding hydrogens is 249 g/mol. The summed E-state index contributed by atoms with van der Waals surface area (Å²) < 4.78 is 38.3. The van der Waals surface area contributed by atoms with Gasteiger partial charge in [0, 0.05) is 15.7 Å². The Balaban J connectivity index is 3.25. The molecule has 0 aliphatic rings. The molecule has 0 unspecified atom stereocenters. The van der Waals surface area contributed by atoms with E-state index < -0.39 is 17.6 Å². The summed E-state index contributed by atoms with van der Waals surface area (Å²) in [4.78, 5) is 0.525. The van der Waals surface area contributed by atoms with E-state index in [-0.39, 0.29) is 10.8 Å². The molecule has 0 spiro atoms. The molecule has 0 saturated heterocycles. The van der Waals surface area contributed by atoms with Crippen molar-refractivity contribution in [1.29, 1.82) is 5.41 Å². The van der Waals surface area contributed by atoms with Gasteiger partial charge in [-0.3, -0.25) is 5.41 Å². The maximum absolute atomic E-state index is 12.8. The van der Waals surface area contributed by atoms with Gasteiger partial charge in [0.2, 0.25) is 0 Å². The van der Waals surface area contributed by atoms with E-state index in [1.807, 2.05) is 13.8 Å². The van der Waals surface area contributed by atoms with Crippen molar-refractivity contribution >= 4 is 17.6 Å². The minimum atomic E-state index is -4.49. The summed E-state index contributed by atoms with van der Waals surface area (Å²) in [7, 11) is 0. The second-order valence-corrected chi connectivity index (χ2v) is 5.44. The molecule has 1 aromatic rings. The van der Waals surface area contributed by atoms with Gasteiger partial charge in [0.15, 0.2) is 0 Å². The highest BCUT2D eigenvalue weighted by molar-refractivity contribution is 7.99. The molecule has 0 amide bonds. The summed E-state index contributed by atoms with van der Waals surface area (Å²) in [6, 6.07) is 3.84. The molecule has 0 radical (unpaired) electrons. The summed E-state index contributed by atoms with van der Waals surface area (Å²) in [5.41, 5.74) is 4.02. The van der Waals surface area contributed by atoms with Crippen LogP contribution in [0.3, 0.4) is 0 Å². The van der Waals surface area contributed by atoms with Crippen LogP contribution in [0, 0.1) is 5.41 Å². The number of amidine groups is 1. The number of benzene rings is 1. The van der Waals surface area contributed by atoms with Gasteiger partial charge in [-0.25, -0.2) is 0 Å². The lowest BCUT2D eigenvalue weighted by Crippen LogP contribution is -2.18. The first-order valence-corrected chi connectivity index (χ1v) is 5.82. The van der Waals surface area contributed by atoms with Crippen LogP contribution in [0.4, 0.5) is 13.2 Å². The molecule has 1 aromatic carbocycles. The molecular formula is C11H13F3N2S. The number of alkyl halides is 3. The molecule has 0 aromatic heterocycles. The Kier molecular flexibility index (Phi) is 4.08. The van der Waals surface area contributed by atoms with Gasteiger partial charge in [-0.2, -0.15) is 13.2 Å². The fourth-order valence-corrected chi connectivity index (χ4v) is 2.22. The number of thioether (sulfide) groups is 1. The SMILES string of the molecule is CC(C)Sc1ccc(C(=N)N)c(C(F)(F)F)c1. The van der Waals surface area contributed by atoms with Crippen LogP contribution in [0.25, 0.3) is 0 Å². The summed E-state index contributed by atoms with van der Waals surface area (Å²) in [5, 5.41) is 7.33. The van der Waals surface area contributed by atoms with Crippen LogP contribution in [-0.2, 0) is 6.18 Å². The zero-order valence-corrected chi connectivity index (χ0v) is 10.2. The van der Waals surface area contributed by atoms with Gasteiger partial charge in [0.25, 0.3) is 0 Å². The van der Waals surface area contributed by atoms with Crippen LogP contribution in [0.5, 0.6) is 0 Å². The molecule has 0 aliphatic heterocycles. The van der Waals surface area contributed by atoms with Crippen LogP contribution < -0.4 is 5.73 Å². The van der Waals surface area contributed by atoms with Gasteiger partial charge in [-0.15, -0.1) is 11.8 Å². The average molecular weight is 262 g/mol. The van der Waals surface area contributed by atoms with Gasteiger partial charge in [0.05, 0.1) is 5.56 Å². The Hall–Kier alpha value is -1.17. The van der Waals surface area contributed by atoms with E-state index in [1.54, 1.807) is 6.07 Å². The molecule has 2 nitrogen and oxygen atoms in total. The monoisotopic (exact) mass is 262 g/mol. The second-order valence-electron chi connectivity index (χ2n) is 3.79. The first-order chi connectivity index (χ1) is 7.71. The summed E-state index contributed by atoms with van der Waals surface area (Å²) in [6.07, 6.45) is -4.49. The maximum Gasteiger partial charge on any atom is 0.417 e. The van der Waals surface area contributed by atoms with Crippen molar-refractivity contribution in [3.63, 3.8) is 0 Å². The molecule has 1 rings (SSSR count). The smallest absolute Gasteiger partial charge is 0.384 e. The predicted octanol–water partition coefficient (Wildman–Crippen LogP) is 3.49. The molecule has 17 heavy (non-hydrogen) atoms. The van der Waals surface area contributed by atoms with Crippen LogP contribution in [0.2, 0.25) is 0 Å². The van der Waals surface area contributed by atoms with Crippen molar-refractivity contribution in [2.45, 2.75) is 30.2 Å². The molecule has 6 heteroatoms. The van der Waals surface area contributed by atoms with Crippen LogP contribution in [0.15, 0.2) is 23.1 Å². The van der Waals surface area contributed by atoms with E-state index in [9.17, 15) is 13.2 Å². The third-order valence-corrected chi connectivity index (χ3v) is 2.96. The van der Waals surface area contributed by atoms with Gasteiger partial charge < -0.3 is 5.73 Å². The highest BCUT2D eigenvalue weighted by Crippen LogP contribution is 2.35. The largest absolute Gasteiger partial charge is 0.417 e. The van der Waals surface area contributed by atoms with Crippen molar-refractivity contribution in [3.8, 4) is 0 Å². The Morgan fingerprint density at radius 1 is 1.35 bits per heavy atom. The fourth-order valence-electron chi connectivity index (χ4n) is 1.34. The van der Waals surface area contributed by atoms with Crippen molar-refractivity contribution in [1.82, 2.24) is 0 Å². The Labute approximate surface area is 102 Å². The highest BCUT2D eigenvalue weighted by atomic mass is 32.2. The van der Waals surface area contributed by atoms with E-state index in [4.69, 9.17) is 11.1 Å². The minimum absolute atomic E-state index is 0.194. The number of hydrogen-bond donors (Lipinski definition) is 2. The standard InChI is InChI=1S/C11H13F3N2S/c1-6(2)17-7-3-4-8(10(15)16)9(5-7)11(12,13)14/h3-6H,1-2H3,(H3,15,16). The number of halogens is 3. The predicted molar refractivity (Wildman–Crippen MR) is 63.5 cm³/mol. The van der Waals surface area contributed by atoms with Crippen LogP contribution >= 0.6 is 11.8 Å². The molecule has 0 atom stereocenters. The number of hydrogen-bond acceptors (Lipinski definition) is 2. The minimum Gasteiger partial charge on any atom is -0.384 e. The molecule has 0 aliphatic carbocycles. The lowest BCUT2D eigenvalue weighted by Gasteiger charge is -2.14. The first kappa shape index (κ1) is 13.9. The second kappa shape index (κ2) is 5.00. The Morgan fingerprint density at radius 2 is 1.94 bits per heavy atom. The Morgan fingerprint density at radius 3 is 2.35 bits per heavy atom. The summed E-state index contributed by atoms with van der Waals surface area (Å²) in [6.45, 7) is 3.80. The van der Waals surface area contributed by atoms with E-state index in [0.717, 1.165) is 6.07 Å². The normalized spacial score (nSPS) is 11.9. The van der Waals surface area contributed by atoms with Gasteiger partial charge in [-0.05, 0) is 18.2 Å². The zero-order valence-electron chi connectivity index (χ0n) is 9.43. The molecule has 0 saturated carbocycles. The van der Waals surface area contributed by atoms with Crippen molar-refractivity contribution < 1.29 is 13.2 Å². The fraction of sp³-hybridized carbons (Fsp3) is 0.364. The summed E-state index contributed by atoms with van der Waals surface area (Å²) >= 11 is 1.34. The number of nitrogens with one attached hydrogen (secondary N) is 1. The number of rotatable bonds is 3. The molecule has 0 fully saturated rings. The topological polar surface area (TPSA) is 49.9 Å². The van der Waals surface area contributed by atoms with E-state index in [0.29, 0.717) is 4.90 Å². The van der Waals surface area contributed by atoms with Crippen molar-refractivity contribution in [2.75, 3.05) is 0 Å². The lowest BCUT2D eigenvalue weighted by atomic mass is 10.1. The molecule has 94 valence electrons. The molecule has 0 bridgehead atoms. The zero-order chi connectivity index (χ0) is 13.2. The van der Waals surface area contributed by atoms with Gasteiger partial charge in [-0.1, -0.05) is 13.8 Å². The van der Waals surface area contributed by atoms with Crippen LogP contribution in [-0.4, -0.2) is 11.1 Å². The lowest BCUT2D eigenvalue weighted by molar-refractivity contribution is -0.137. The average Bonchev–Trinajstić information content (AvgIpc) is 2.14. The van der Waals surface area contributed by atoms with E-state index >= 15 is 0 Å². The Bertz CT molecular complexity index is 427. The van der Waals surface area contributed by atoms with Gasteiger partial charge in [0.1, 0.15) is 5.84 Å². The van der Waals surface area contributed by atoms with Crippen LogP contribution in [0.1, 0.15) is 25.0 Å². The van der Waals surface area contributed by atoms with Gasteiger partial charge >= 0.3 is 6.18 Å². The third-order valence-electron chi connectivity index (χ3n) is 1.96. The van der Waals surface area contributed by atoms with E-state index in [2.05, 4.69) is 0 Å².